The van der Waals surface area contributed by atoms with Gasteiger partial charge in [-0.3, -0.25) is 0 Å². The summed E-state index contributed by atoms with van der Waals surface area (Å²) < 4.78 is 61.2. The first-order valence-electron chi connectivity index (χ1n) is 4.00. The lowest BCUT2D eigenvalue weighted by Crippen LogP contribution is -2.08. The van der Waals surface area contributed by atoms with Crippen molar-refractivity contribution >= 4 is 10.2 Å². The van der Waals surface area contributed by atoms with Crippen molar-refractivity contribution in [1.29, 1.82) is 0 Å². The second-order valence-electron chi connectivity index (χ2n) is 3.33. The molecular weight excluding hydrogens is 237 g/mol. The highest BCUT2D eigenvalue weighted by Gasteiger charge is 2.65. The second-order valence-corrected chi connectivity index (χ2v) is 5.74. The minimum absolute atomic E-state index is 0.361. The molecule has 0 amide bonds. The molecule has 1 atom stereocenters. The smallest absolute Gasteiger partial charge is 0.310 e. The molecule has 0 unspecified atom stereocenters. The number of hydrogen-bond donors (Lipinski definition) is 1. The summed E-state index contributed by atoms with van der Waals surface area (Å²) in [5, 5.41) is 0. The van der Waals surface area contributed by atoms with E-state index in [-0.39, 0.29) is 0 Å². The van der Waals surface area contributed by atoms with Crippen molar-refractivity contribution in [3.05, 3.63) is 29.8 Å². The molecule has 0 aromatic heterocycles. The summed E-state index contributed by atoms with van der Waals surface area (Å²) in [6, 6.07) is 2.15. The van der Waals surface area contributed by atoms with Gasteiger partial charge in [0.05, 0.1) is 0 Å². The Morgan fingerprint density at radius 3 is 1.67 bits per heavy atom. The minimum Gasteiger partial charge on any atom is -0.324 e. The molecule has 2 N–H and O–H groups in total. The monoisotopic (exact) mass is 247 g/mol. The predicted octanol–water partition coefficient (Wildman–Crippen LogP) is 4.36. The highest BCUT2D eigenvalue weighted by atomic mass is 32.5. The van der Waals surface area contributed by atoms with Gasteiger partial charge >= 0.3 is 10.2 Å². The van der Waals surface area contributed by atoms with Gasteiger partial charge in [-0.2, -0.15) is 0 Å². The van der Waals surface area contributed by atoms with Crippen LogP contribution in [0.15, 0.2) is 29.2 Å². The molecule has 0 fully saturated rings. The standard InChI is InChI=1S/C8H10F5NS/c1-6(14)7-2-4-8(5-3-7)15(9,10,11,12)13/h2-6H,14H2,1H3/t6-/m0/s1. The molecule has 0 aliphatic carbocycles. The Labute approximate surface area is 83.8 Å². The zero-order valence-corrected chi connectivity index (χ0v) is 8.58. The van der Waals surface area contributed by atoms with Gasteiger partial charge in [0, 0.05) is 6.04 Å². The molecule has 15 heavy (non-hydrogen) atoms. The van der Waals surface area contributed by atoms with Crippen LogP contribution in [-0.2, 0) is 0 Å². The molecule has 0 saturated heterocycles. The van der Waals surface area contributed by atoms with Crippen LogP contribution in [0.5, 0.6) is 0 Å². The van der Waals surface area contributed by atoms with E-state index in [0.717, 1.165) is 12.1 Å². The maximum Gasteiger partial charge on any atom is 0.310 e. The van der Waals surface area contributed by atoms with Gasteiger partial charge in [0.1, 0.15) is 4.90 Å². The van der Waals surface area contributed by atoms with Crippen molar-refractivity contribution in [1.82, 2.24) is 0 Å². The average molecular weight is 247 g/mol. The van der Waals surface area contributed by atoms with Crippen LogP contribution in [0.2, 0.25) is 0 Å². The topological polar surface area (TPSA) is 26.0 Å². The summed E-state index contributed by atoms with van der Waals surface area (Å²) in [4.78, 5) is -1.89. The lowest BCUT2D eigenvalue weighted by atomic mass is 10.1. The molecule has 0 heterocycles. The van der Waals surface area contributed by atoms with Crippen LogP contribution < -0.4 is 5.73 Å². The molecule has 1 aromatic rings. The Morgan fingerprint density at radius 2 is 1.40 bits per heavy atom. The molecule has 88 valence electrons. The van der Waals surface area contributed by atoms with E-state index in [2.05, 4.69) is 0 Å². The Bertz CT molecular complexity index is 365. The Balaban J connectivity index is 3.23. The largest absolute Gasteiger partial charge is 0.324 e. The lowest BCUT2D eigenvalue weighted by molar-refractivity contribution is 0.364. The molecule has 0 saturated carbocycles. The van der Waals surface area contributed by atoms with Gasteiger partial charge in [0.25, 0.3) is 0 Å². The quantitative estimate of drug-likeness (QED) is 0.772. The SMILES string of the molecule is C[C@H](N)c1ccc(S(F)(F)(F)(F)F)cc1. The summed E-state index contributed by atoms with van der Waals surface area (Å²) >= 11 is 0. The summed E-state index contributed by atoms with van der Waals surface area (Å²) in [5.74, 6) is 0. The normalized spacial score (nSPS) is 19.1. The Hall–Kier alpha value is -0.820. The van der Waals surface area contributed by atoms with Gasteiger partial charge in [-0.1, -0.05) is 31.6 Å². The third kappa shape index (κ3) is 3.07. The van der Waals surface area contributed by atoms with Crippen LogP contribution in [0.25, 0.3) is 0 Å². The summed E-state index contributed by atoms with van der Waals surface area (Å²) in [6.07, 6.45) is 0. The van der Waals surface area contributed by atoms with Crippen LogP contribution in [-0.4, -0.2) is 0 Å². The fraction of sp³-hybridized carbons (Fsp3) is 0.250. The third-order valence-electron chi connectivity index (χ3n) is 1.85. The van der Waals surface area contributed by atoms with Gasteiger partial charge in [0.15, 0.2) is 0 Å². The average Bonchev–Trinajstić information content (AvgIpc) is 2.00. The first-order valence-corrected chi connectivity index (χ1v) is 5.95. The van der Waals surface area contributed by atoms with Crippen LogP contribution >= 0.6 is 10.2 Å². The summed E-state index contributed by atoms with van der Waals surface area (Å²) in [5.41, 5.74) is 5.76. The minimum atomic E-state index is -9.53. The van der Waals surface area contributed by atoms with E-state index in [1.165, 1.54) is 0 Å². The Kier molecular flexibility index (Phi) is 2.16. The highest BCUT2D eigenvalue weighted by Crippen LogP contribution is 3.02. The maximum absolute atomic E-state index is 12.2. The van der Waals surface area contributed by atoms with Gasteiger partial charge in [0.2, 0.25) is 0 Å². The molecule has 0 bridgehead atoms. The molecular formula is C8H10F5NS. The van der Waals surface area contributed by atoms with Crippen LogP contribution in [0.3, 0.4) is 0 Å². The van der Waals surface area contributed by atoms with E-state index in [4.69, 9.17) is 5.73 Å². The van der Waals surface area contributed by atoms with E-state index in [1.54, 1.807) is 6.92 Å². The van der Waals surface area contributed by atoms with Crippen molar-refractivity contribution in [3.8, 4) is 0 Å². The number of hydrogen-bond acceptors (Lipinski definition) is 1. The molecule has 0 spiro atoms. The predicted molar refractivity (Wildman–Crippen MR) is 50.4 cm³/mol. The van der Waals surface area contributed by atoms with Crippen LogP contribution in [0.4, 0.5) is 19.4 Å². The van der Waals surface area contributed by atoms with E-state index in [1.807, 2.05) is 0 Å². The van der Waals surface area contributed by atoms with Crippen LogP contribution in [0, 0.1) is 0 Å². The fourth-order valence-electron chi connectivity index (χ4n) is 1.03. The molecule has 7 heteroatoms. The zero-order valence-electron chi connectivity index (χ0n) is 7.76. The number of rotatable bonds is 2. The fourth-order valence-corrected chi connectivity index (χ4v) is 1.68. The van der Waals surface area contributed by atoms with Crippen molar-refractivity contribution in [2.45, 2.75) is 17.9 Å². The van der Waals surface area contributed by atoms with Crippen molar-refractivity contribution < 1.29 is 19.4 Å². The molecule has 0 aliphatic rings. The van der Waals surface area contributed by atoms with Gasteiger partial charge < -0.3 is 5.73 Å². The van der Waals surface area contributed by atoms with Crippen molar-refractivity contribution in [2.75, 3.05) is 0 Å². The van der Waals surface area contributed by atoms with E-state index >= 15 is 0 Å². The number of halogens is 5. The molecule has 0 radical (unpaired) electrons. The Morgan fingerprint density at radius 1 is 1.00 bits per heavy atom. The summed E-state index contributed by atoms with van der Waals surface area (Å²) in [6.45, 7) is 1.55. The third-order valence-corrected chi connectivity index (χ3v) is 3.01. The van der Waals surface area contributed by atoms with E-state index in [9.17, 15) is 19.4 Å². The first kappa shape index (κ1) is 12.3. The molecule has 1 rings (SSSR count). The van der Waals surface area contributed by atoms with Gasteiger partial charge in [-0.15, -0.1) is 0 Å². The highest BCUT2D eigenvalue weighted by molar-refractivity contribution is 8.45. The van der Waals surface area contributed by atoms with Crippen molar-refractivity contribution in [3.63, 3.8) is 0 Å². The molecule has 1 aromatic carbocycles. The van der Waals surface area contributed by atoms with E-state index in [0.29, 0.717) is 17.7 Å². The van der Waals surface area contributed by atoms with Gasteiger partial charge in [-0.25, -0.2) is 0 Å². The van der Waals surface area contributed by atoms with Crippen molar-refractivity contribution in [2.24, 2.45) is 5.73 Å². The zero-order chi connectivity index (χ0) is 12.0. The number of benzene rings is 1. The molecule has 0 aliphatic heterocycles. The number of nitrogens with two attached hydrogens (primary N) is 1. The first-order chi connectivity index (χ1) is 6.40. The summed E-state index contributed by atoms with van der Waals surface area (Å²) in [7, 11) is -9.53. The van der Waals surface area contributed by atoms with E-state index < -0.39 is 21.2 Å². The van der Waals surface area contributed by atoms with Gasteiger partial charge in [-0.05, 0) is 24.6 Å². The lowest BCUT2D eigenvalue weighted by Gasteiger charge is -2.40. The van der Waals surface area contributed by atoms with Crippen LogP contribution in [0.1, 0.15) is 18.5 Å². The second kappa shape index (κ2) is 2.65. The molecule has 1 nitrogen and oxygen atoms in total. The maximum atomic E-state index is 12.2.